The van der Waals surface area contributed by atoms with Crippen molar-refractivity contribution in [1.29, 1.82) is 0 Å². The van der Waals surface area contributed by atoms with Crippen LogP contribution in [0.3, 0.4) is 0 Å². The lowest BCUT2D eigenvalue weighted by Gasteiger charge is -2.20. The first kappa shape index (κ1) is 12.5. The highest BCUT2D eigenvalue weighted by Crippen LogP contribution is 2.29. The Morgan fingerprint density at radius 2 is 2.05 bits per heavy atom. The number of rotatable bonds is 3. The van der Waals surface area contributed by atoms with E-state index in [1.807, 2.05) is 31.2 Å². The van der Waals surface area contributed by atoms with E-state index in [-0.39, 0.29) is 5.78 Å². The average molecular weight is 256 g/mol. The fraction of sp³-hybridized carbons (Fsp3) is 0.471. The molecule has 0 N–H and O–H groups in total. The summed E-state index contributed by atoms with van der Waals surface area (Å²) in [5, 5.41) is 1.03. The van der Waals surface area contributed by atoms with Crippen molar-refractivity contribution in [2.45, 2.75) is 45.4 Å². The predicted molar refractivity (Wildman–Crippen MR) is 76.5 cm³/mol. The van der Waals surface area contributed by atoms with E-state index in [9.17, 15) is 4.79 Å². The largest absolute Gasteiger partial charge is 0.453 e. The summed E-state index contributed by atoms with van der Waals surface area (Å²) in [4.78, 5) is 12.3. The highest BCUT2D eigenvalue weighted by molar-refractivity contribution is 5.98. The summed E-state index contributed by atoms with van der Waals surface area (Å²) in [7, 11) is 0. The van der Waals surface area contributed by atoms with Gasteiger partial charge in [0, 0.05) is 11.8 Å². The van der Waals surface area contributed by atoms with Gasteiger partial charge in [-0.15, -0.1) is 0 Å². The minimum atomic E-state index is 0.169. The lowest BCUT2D eigenvalue weighted by molar-refractivity contribution is 0.0925. The predicted octanol–water partition coefficient (Wildman–Crippen LogP) is 4.89. The minimum Gasteiger partial charge on any atom is -0.453 e. The first-order valence-corrected chi connectivity index (χ1v) is 7.26. The van der Waals surface area contributed by atoms with Gasteiger partial charge in [-0.3, -0.25) is 4.79 Å². The molecule has 1 heterocycles. The molecule has 0 bridgehead atoms. The standard InChI is InChI=1S/C17H20O2/c1-12-6-5-9-14-11-16(19-17(12)14)15(18)10-13-7-3-2-4-8-13/h5-6,9,11,13H,2-4,7-8,10H2,1H3. The zero-order valence-corrected chi connectivity index (χ0v) is 11.4. The summed E-state index contributed by atoms with van der Waals surface area (Å²) in [5.74, 6) is 1.27. The van der Waals surface area contributed by atoms with E-state index in [1.54, 1.807) is 0 Å². The van der Waals surface area contributed by atoms with Crippen molar-refractivity contribution in [3.8, 4) is 0 Å². The average Bonchev–Trinajstić information content (AvgIpc) is 2.85. The van der Waals surface area contributed by atoms with Gasteiger partial charge in [0.1, 0.15) is 5.58 Å². The van der Waals surface area contributed by atoms with Crippen LogP contribution in [0.2, 0.25) is 0 Å². The first-order valence-electron chi connectivity index (χ1n) is 7.26. The molecule has 3 rings (SSSR count). The molecule has 1 fully saturated rings. The van der Waals surface area contributed by atoms with E-state index in [4.69, 9.17) is 4.42 Å². The van der Waals surface area contributed by atoms with E-state index < -0.39 is 0 Å². The summed E-state index contributed by atoms with van der Waals surface area (Å²) in [6.45, 7) is 2.02. The molecule has 0 amide bonds. The number of hydrogen-bond donors (Lipinski definition) is 0. The number of carbonyl (C=O) groups is 1. The molecule has 2 aromatic rings. The first-order chi connectivity index (χ1) is 9.24. The lowest BCUT2D eigenvalue weighted by atomic mass is 9.85. The number of aryl methyl sites for hydroxylation is 1. The lowest BCUT2D eigenvalue weighted by Crippen LogP contribution is -2.11. The Morgan fingerprint density at radius 3 is 2.79 bits per heavy atom. The third-order valence-electron chi connectivity index (χ3n) is 4.21. The van der Waals surface area contributed by atoms with E-state index in [1.165, 1.54) is 32.1 Å². The van der Waals surface area contributed by atoms with Crippen molar-refractivity contribution >= 4 is 16.8 Å². The highest BCUT2D eigenvalue weighted by atomic mass is 16.3. The number of benzene rings is 1. The Hall–Kier alpha value is -1.57. The maximum atomic E-state index is 12.3. The third-order valence-corrected chi connectivity index (χ3v) is 4.21. The van der Waals surface area contributed by atoms with Crippen molar-refractivity contribution in [2.75, 3.05) is 0 Å². The molecule has 19 heavy (non-hydrogen) atoms. The molecule has 0 atom stereocenters. The second kappa shape index (κ2) is 5.20. The molecule has 1 aliphatic carbocycles. The Bertz CT molecular complexity index is 588. The number of ketones is 1. The Morgan fingerprint density at radius 1 is 1.26 bits per heavy atom. The van der Waals surface area contributed by atoms with Crippen molar-refractivity contribution in [2.24, 2.45) is 5.92 Å². The fourth-order valence-corrected chi connectivity index (χ4v) is 3.10. The van der Waals surface area contributed by atoms with Gasteiger partial charge < -0.3 is 4.42 Å². The summed E-state index contributed by atoms with van der Waals surface area (Å²) >= 11 is 0. The van der Waals surface area contributed by atoms with Crippen LogP contribution in [-0.4, -0.2) is 5.78 Å². The fourth-order valence-electron chi connectivity index (χ4n) is 3.10. The second-order valence-electron chi connectivity index (χ2n) is 5.74. The number of furan rings is 1. The normalized spacial score (nSPS) is 16.9. The molecule has 0 aliphatic heterocycles. The molecule has 0 saturated heterocycles. The summed E-state index contributed by atoms with van der Waals surface area (Å²) in [6.07, 6.45) is 6.93. The molecule has 1 saturated carbocycles. The smallest absolute Gasteiger partial charge is 0.198 e. The molecule has 100 valence electrons. The molecular formula is C17H20O2. The van der Waals surface area contributed by atoms with Crippen LogP contribution >= 0.6 is 0 Å². The minimum absolute atomic E-state index is 0.169. The Labute approximate surface area is 113 Å². The topological polar surface area (TPSA) is 30.2 Å². The number of hydrogen-bond acceptors (Lipinski definition) is 2. The summed E-state index contributed by atoms with van der Waals surface area (Å²) < 4.78 is 5.75. The van der Waals surface area contributed by atoms with Crippen molar-refractivity contribution in [3.05, 3.63) is 35.6 Å². The van der Waals surface area contributed by atoms with Gasteiger partial charge in [-0.25, -0.2) is 0 Å². The third kappa shape index (κ3) is 2.58. The maximum Gasteiger partial charge on any atom is 0.198 e. The molecular weight excluding hydrogens is 236 g/mol. The van der Waals surface area contributed by atoms with Gasteiger partial charge in [-0.2, -0.15) is 0 Å². The zero-order chi connectivity index (χ0) is 13.2. The van der Waals surface area contributed by atoms with Crippen LogP contribution in [0, 0.1) is 12.8 Å². The van der Waals surface area contributed by atoms with Crippen LogP contribution in [0.15, 0.2) is 28.7 Å². The molecule has 0 spiro atoms. The molecule has 1 aromatic carbocycles. The highest BCUT2D eigenvalue weighted by Gasteiger charge is 2.20. The van der Waals surface area contributed by atoms with E-state index in [2.05, 4.69) is 0 Å². The van der Waals surface area contributed by atoms with E-state index in [0.717, 1.165) is 16.5 Å². The number of carbonyl (C=O) groups excluding carboxylic acids is 1. The molecule has 1 aromatic heterocycles. The second-order valence-corrected chi connectivity index (χ2v) is 5.74. The van der Waals surface area contributed by atoms with Crippen LogP contribution in [0.1, 0.15) is 54.6 Å². The van der Waals surface area contributed by atoms with Gasteiger partial charge in [-0.1, -0.05) is 50.3 Å². The van der Waals surface area contributed by atoms with Crippen molar-refractivity contribution < 1.29 is 9.21 Å². The zero-order valence-electron chi connectivity index (χ0n) is 11.4. The van der Waals surface area contributed by atoms with Gasteiger partial charge in [0.2, 0.25) is 0 Å². The molecule has 1 aliphatic rings. The van der Waals surface area contributed by atoms with Crippen LogP contribution in [0.4, 0.5) is 0 Å². The molecule has 2 heteroatoms. The SMILES string of the molecule is Cc1cccc2cc(C(=O)CC3CCCCC3)oc12. The summed E-state index contributed by atoms with van der Waals surface area (Å²) in [6, 6.07) is 7.92. The Balaban J connectivity index is 1.79. The summed E-state index contributed by atoms with van der Waals surface area (Å²) in [5.41, 5.74) is 1.95. The van der Waals surface area contributed by atoms with Crippen LogP contribution < -0.4 is 0 Å². The maximum absolute atomic E-state index is 12.3. The van der Waals surface area contributed by atoms with E-state index in [0.29, 0.717) is 18.1 Å². The van der Waals surface area contributed by atoms with Crippen LogP contribution in [0.5, 0.6) is 0 Å². The van der Waals surface area contributed by atoms with E-state index >= 15 is 0 Å². The molecule has 0 unspecified atom stereocenters. The molecule has 2 nitrogen and oxygen atoms in total. The van der Waals surface area contributed by atoms with Gasteiger partial charge in [0.15, 0.2) is 11.5 Å². The van der Waals surface area contributed by atoms with Gasteiger partial charge >= 0.3 is 0 Å². The number of para-hydroxylation sites is 1. The number of fused-ring (bicyclic) bond motifs is 1. The monoisotopic (exact) mass is 256 g/mol. The van der Waals surface area contributed by atoms with Crippen LogP contribution in [0.25, 0.3) is 11.0 Å². The molecule has 0 radical (unpaired) electrons. The quantitative estimate of drug-likeness (QED) is 0.731. The number of Topliss-reactive ketones (excluding diaryl/α,β-unsaturated/α-hetero) is 1. The van der Waals surface area contributed by atoms with Crippen LogP contribution in [-0.2, 0) is 0 Å². The van der Waals surface area contributed by atoms with Crippen molar-refractivity contribution in [1.82, 2.24) is 0 Å². The Kier molecular flexibility index (Phi) is 3.41. The van der Waals surface area contributed by atoms with Crippen molar-refractivity contribution in [3.63, 3.8) is 0 Å². The van der Waals surface area contributed by atoms with Gasteiger partial charge in [-0.05, 0) is 24.5 Å². The van der Waals surface area contributed by atoms with Gasteiger partial charge in [0.05, 0.1) is 0 Å². The van der Waals surface area contributed by atoms with Gasteiger partial charge in [0.25, 0.3) is 0 Å².